The zero-order valence-electron chi connectivity index (χ0n) is 14.8. The molecule has 0 radical (unpaired) electrons. The molecule has 1 unspecified atom stereocenters. The maximum Gasteiger partial charge on any atom is 0.247 e. The highest BCUT2D eigenvalue weighted by atomic mass is 19.2. The highest BCUT2D eigenvalue weighted by molar-refractivity contribution is 5.97. The number of rotatable bonds is 4. The molecule has 27 heavy (non-hydrogen) atoms. The number of fused-ring (bicyclic) bond motifs is 2. The molecule has 0 spiro atoms. The van der Waals surface area contributed by atoms with E-state index in [1.54, 1.807) is 4.57 Å². The third kappa shape index (κ3) is 3.05. The van der Waals surface area contributed by atoms with E-state index in [4.69, 9.17) is 0 Å². The molecule has 0 aliphatic rings. The lowest BCUT2D eigenvalue weighted by atomic mass is 10.0. The normalized spacial score (nSPS) is 12.8. The Labute approximate surface area is 154 Å². The Kier molecular flexibility index (Phi) is 4.14. The molecule has 138 valence electrons. The monoisotopic (exact) mass is 368 g/mol. The Bertz CT molecular complexity index is 1150. The van der Waals surface area contributed by atoms with Gasteiger partial charge in [-0.1, -0.05) is 13.8 Å². The fourth-order valence-electron chi connectivity index (χ4n) is 3.34. The van der Waals surface area contributed by atoms with Gasteiger partial charge < -0.3 is 14.9 Å². The number of nitrogens with zero attached hydrogens (tertiary/aromatic N) is 2. The van der Waals surface area contributed by atoms with Gasteiger partial charge in [0.15, 0.2) is 11.6 Å². The molecule has 0 aliphatic carbocycles. The van der Waals surface area contributed by atoms with Crippen LogP contribution < -0.4 is 5.32 Å². The molecule has 4 aromatic rings. The van der Waals surface area contributed by atoms with E-state index in [2.05, 4.69) is 15.3 Å². The summed E-state index contributed by atoms with van der Waals surface area (Å²) in [6, 6.07) is 8.99. The van der Waals surface area contributed by atoms with Crippen LogP contribution >= 0.6 is 0 Å². The van der Waals surface area contributed by atoms with E-state index in [9.17, 15) is 13.6 Å². The van der Waals surface area contributed by atoms with Gasteiger partial charge in [0.1, 0.15) is 6.04 Å². The van der Waals surface area contributed by atoms with Crippen LogP contribution in [0.25, 0.3) is 21.9 Å². The van der Waals surface area contributed by atoms with Crippen molar-refractivity contribution in [3.8, 4) is 0 Å². The molecule has 7 heteroatoms. The van der Waals surface area contributed by atoms with E-state index in [-0.39, 0.29) is 11.8 Å². The number of amides is 1. The van der Waals surface area contributed by atoms with Gasteiger partial charge in [0.25, 0.3) is 0 Å². The molecule has 0 aliphatic heterocycles. The number of halogens is 2. The van der Waals surface area contributed by atoms with E-state index in [1.165, 1.54) is 6.33 Å². The van der Waals surface area contributed by atoms with E-state index >= 15 is 0 Å². The molecule has 1 atom stereocenters. The second-order valence-corrected chi connectivity index (χ2v) is 6.86. The van der Waals surface area contributed by atoms with Crippen LogP contribution in [0, 0.1) is 17.6 Å². The Morgan fingerprint density at radius 1 is 1.15 bits per heavy atom. The van der Waals surface area contributed by atoms with Crippen molar-refractivity contribution >= 4 is 33.5 Å². The molecule has 0 bridgehead atoms. The number of hydrogen-bond donors (Lipinski definition) is 2. The number of carbonyl (C=O) groups is 1. The third-order valence-electron chi connectivity index (χ3n) is 4.64. The average Bonchev–Trinajstić information content (AvgIpc) is 3.22. The topological polar surface area (TPSA) is 62.7 Å². The Hall–Kier alpha value is -3.22. The highest BCUT2D eigenvalue weighted by Gasteiger charge is 2.26. The summed E-state index contributed by atoms with van der Waals surface area (Å²) in [6.07, 6.45) is 3.28. The molecular weight excluding hydrogens is 350 g/mol. The minimum atomic E-state index is -0.968. The summed E-state index contributed by atoms with van der Waals surface area (Å²) >= 11 is 0. The number of aromatic nitrogens is 3. The summed E-state index contributed by atoms with van der Waals surface area (Å²) in [5, 5.41) is 3.90. The van der Waals surface area contributed by atoms with Gasteiger partial charge in [-0.2, -0.15) is 0 Å². The zero-order chi connectivity index (χ0) is 19.1. The maximum atomic E-state index is 13.7. The van der Waals surface area contributed by atoms with Gasteiger partial charge >= 0.3 is 0 Å². The number of imidazole rings is 1. The molecule has 2 heterocycles. The number of nitrogens with one attached hydrogen (secondary N) is 2. The van der Waals surface area contributed by atoms with Crippen molar-refractivity contribution in [2.45, 2.75) is 19.9 Å². The largest absolute Gasteiger partial charge is 0.361 e. The summed E-state index contributed by atoms with van der Waals surface area (Å²) in [5.74, 6) is -2.27. The SMILES string of the molecule is CC(C)C(C(=O)Nc1ccc2[nH]ccc2c1)n1cnc2cc(F)c(F)cc21. The number of anilines is 1. The van der Waals surface area contributed by atoms with E-state index in [0.29, 0.717) is 16.7 Å². The lowest BCUT2D eigenvalue weighted by molar-refractivity contribution is -0.120. The molecule has 2 aromatic carbocycles. The van der Waals surface area contributed by atoms with Gasteiger partial charge in [-0.25, -0.2) is 13.8 Å². The van der Waals surface area contributed by atoms with Crippen molar-refractivity contribution in [3.63, 3.8) is 0 Å². The molecule has 0 saturated carbocycles. The minimum Gasteiger partial charge on any atom is -0.361 e. The van der Waals surface area contributed by atoms with Crippen LogP contribution in [-0.4, -0.2) is 20.4 Å². The fraction of sp³-hybridized carbons (Fsp3) is 0.200. The van der Waals surface area contributed by atoms with Gasteiger partial charge in [-0.05, 0) is 30.2 Å². The first-order chi connectivity index (χ1) is 12.9. The van der Waals surface area contributed by atoms with Crippen LogP contribution in [0.1, 0.15) is 19.9 Å². The van der Waals surface area contributed by atoms with Gasteiger partial charge in [0.2, 0.25) is 5.91 Å². The van der Waals surface area contributed by atoms with Crippen LogP contribution in [0.2, 0.25) is 0 Å². The maximum absolute atomic E-state index is 13.7. The molecule has 0 saturated heterocycles. The summed E-state index contributed by atoms with van der Waals surface area (Å²) in [6.45, 7) is 3.79. The van der Waals surface area contributed by atoms with Gasteiger partial charge in [-0.15, -0.1) is 0 Å². The first-order valence-electron chi connectivity index (χ1n) is 8.63. The smallest absolute Gasteiger partial charge is 0.247 e. The fourth-order valence-corrected chi connectivity index (χ4v) is 3.34. The van der Waals surface area contributed by atoms with Gasteiger partial charge in [-0.3, -0.25) is 4.79 Å². The number of aromatic amines is 1. The number of hydrogen-bond acceptors (Lipinski definition) is 2. The lowest BCUT2D eigenvalue weighted by Crippen LogP contribution is -2.29. The molecule has 4 rings (SSSR count). The van der Waals surface area contributed by atoms with Crippen molar-refractivity contribution in [2.75, 3.05) is 5.32 Å². The van der Waals surface area contributed by atoms with Crippen molar-refractivity contribution in [2.24, 2.45) is 5.92 Å². The van der Waals surface area contributed by atoms with Crippen molar-refractivity contribution in [1.82, 2.24) is 14.5 Å². The van der Waals surface area contributed by atoms with Crippen LogP contribution in [0.3, 0.4) is 0 Å². The summed E-state index contributed by atoms with van der Waals surface area (Å²) in [4.78, 5) is 20.2. The van der Waals surface area contributed by atoms with Crippen molar-refractivity contribution < 1.29 is 13.6 Å². The first kappa shape index (κ1) is 17.2. The summed E-state index contributed by atoms with van der Waals surface area (Å²) in [7, 11) is 0. The van der Waals surface area contributed by atoms with Crippen molar-refractivity contribution in [3.05, 3.63) is 60.6 Å². The predicted molar refractivity (Wildman–Crippen MR) is 100 cm³/mol. The van der Waals surface area contributed by atoms with Gasteiger partial charge in [0, 0.05) is 34.9 Å². The number of H-pyrrole nitrogens is 1. The summed E-state index contributed by atoms with van der Waals surface area (Å²) < 4.78 is 28.8. The standard InChI is InChI=1S/C20H18F2N4O/c1-11(2)19(26-10-24-17-8-14(21)15(22)9-18(17)26)20(27)25-13-3-4-16-12(7-13)5-6-23-16/h3-11,19,23H,1-2H3,(H,25,27). The average molecular weight is 368 g/mol. The van der Waals surface area contributed by atoms with Crippen LogP contribution in [0.5, 0.6) is 0 Å². The molecule has 5 nitrogen and oxygen atoms in total. The Morgan fingerprint density at radius 3 is 2.70 bits per heavy atom. The van der Waals surface area contributed by atoms with E-state index < -0.39 is 17.7 Å². The molecule has 0 fully saturated rings. The van der Waals surface area contributed by atoms with Crippen LogP contribution in [0.4, 0.5) is 14.5 Å². The Balaban J connectivity index is 1.69. The summed E-state index contributed by atoms with van der Waals surface area (Å²) in [5.41, 5.74) is 2.33. The Morgan fingerprint density at radius 2 is 1.93 bits per heavy atom. The second kappa shape index (κ2) is 6.50. The van der Waals surface area contributed by atoms with Crippen LogP contribution in [-0.2, 0) is 4.79 Å². The molecular formula is C20H18F2N4O. The number of carbonyl (C=O) groups excluding carboxylic acids is 1. The van der Waals surface area contributed by atoms with E-state index in [0.717, 1.165) is 23.0 Å². The minimum absolute atomic E-state index is 0.0912. The number of benzene rings is 2. The second-order valence-electron chi connectivity index (χ2n) is 6.86. The quantitative estimate of drug-likeness (QED) is 0.552. The molecule has 1 amide bonds. The predicted octanol–water partition coefficient (Wildman–Crippen LogP) is 4.63. The zero-order valence-corrected chi connectivity index (χ0v) is 14.8. The highest BCUT2D eigenvalue weighted by Crippen LogP contribution is 2.27. The van der Waals surface area contributed by atoms with Crippen molar-refractivity contribution in [1.29, 1.82) is 0 Å². The molecule has 2 N–H and O–H groups in total. The van der Waals surface area contributed by atoms with Gasteiger partial charge in [0.05, 0.1) is 17.4 Å². The first-order valence-corrected chi connectivity index (χ1v) is 8.63. The van der Waals surface area contributed by atoms with Crippen LogP contribution in [0.15, 0.2) is 48.9 Å². The molecule has 2 aromatic heterocycles. The van der Waals surface area contributed by atoms with E-state index in [1.807, 2.05) is 44.3 Å². The third-order valence-corrected chi connectivity index (χ3v) is 4.64. The lowest BCUT2D eigenvalue weighted by Gasteiger charge is -2.22.